The normalized spacial score (nSPS) is 13.4. The third kappa shape index (κ3) is 3.76. The highest BCUT2D eigenvalue weighted by atomic mass is 79.9. The number of hydrogen-bond donors (Lipinski definition) is 1. The SMILES string of the molecule is O=C1CN(C(=O)CSCc2ccccc2Br)c2ccccc2N1. The summed E-state index contributed by atoms with van der Waals surface area (Å²) in [5, 5.41) is 2.79. The number of rotatable bonds is 4. The molecule has 4 nitrogen and oxygen atoms in total. The number of carbonyl (C=O) groups excluding carboxylic acids is 2. The van der Waals surface area contributed by atoms with Gasteiger partial charge in [-0.3, -0.25) is 9.59 Å². The van der Waals surface area contributed by atoms with Crippen LogP contribution in [0.15, 0.2) is 53.0 Å². The Kier molecular flexibility index (Phi) is 5.03. The van der Waals surface area contributed by atoms with Gasteiger partial charge < -0.3 is 10.2 Å². The number of para-hydroxylation sites is 2. The molecule has 2 aromatic carbocycles. The Hall–Kier alpha value is -1.79. The highest BCUT2D eigenvalue weighted by Gasteiger charge is 2.26. The lowest BCUT2D eigenvalue weighted by Gasteiger charge is -2.29. The Bertz CT molecular complexity index is 751. The molecule has 6 heteroatoms. The summed E-state index contributed by atoms with van der Waals surface area (Å²) in [4.78, 5) is 25.8. The molecule has 3 rings (SSSR count). The molecule has 0 aromatic heterocycles. The first-order valence-corrected chi connectivity index (χ1v) is 9.10. The predicted molar refractivity (Wildman–Crippen MR) is 97.7 cm³/mol. The molecule has 23 heavy (non-hydrogen) atoms. The van der Waals surface area contributed by atoms with Crippen LogP contribution in [0.2, 0.25) is 0 Å². The largest absolute Gasteiger partial charge is 0.323 e. The minimum atomic E-state index is -0.159. The number of halogens is 1. The van der Waals surface area contributed by atoms with Crippen molar-refractivity contribution in [1.29, 1.82) is 0 Å². The summed E-state index contributed by atoms with van der Waals surface area (Å²) in [6.45, 7) is 0.0748. The average Bonchev–Trinajstić information content (AvgIpc) is 2.55. The Balaban J connectivity index is 1.65. The maximum Gasteiger partial charge on any atom is 0.244 e. The smallest absolute Gasteiger partial charge is 0.244 e. The van der Waals surface area contributed by atoms with Crippen LogP contribution in [0.3, 0.4) is 0 Å². The lowest BCUT2D eigenvalue weighted by molar-refractivity contribution is -0.120. The second-order valence-electron chi connectivity index (χ2n) is 5.13. The highest BCUT2D eigenvalue weighted by molar-refractivity contribution is 9.10. The van der Waals surface area contributed by atoms with Crippen molar-refractivity contribution in [3.8, 4) is 0 Å². The number of thioether (sulfide) groups is 1. The summed E-state index contributed by atoms with van der Waals surface area (Å²) in [6, 6.07) is 15.3. The maximum atomic E-state index is 12.5. The molecule has 0 saturated heterocycles. The van der Waals surface area contributed by atoms with Gasteiger partial charge in [0.1, 0.15) is 6.54 Å². The fourth-order valence-corrected chi connectivity index (χ4v) is 3.91. The van der Waals surface area contributed by atoms with Crippen LogP contribution < -0.4 is 10.2 Å². The molecule has 0 bridgehead atoms. The van der Waals surface area contributed by atoms with Crippen molar-refractivity contribution in [2.45, 2.75) is 5.75 Å². The van der Waals surface area contributed by atoms with Gasteiger partial charge >= 0.3 is 0 Å². The summed E-state index contributed by atoms with van der Waals surface area (Å²) in [7, 11) is 0. The van der Waals surface area contributed by atoms with Crippen LogP contribution in [-0.2, 0) is 15.3 Å². The first-order chi connectivity index (χ1) is 11.1. The molecule has 0 fully saturated rings. The standard InChI is InChI=1S/C17H15BrN2O2S/c18-13-6-2-1-5-12(13)10-23-11-17(22)20-9-16(21)19-14-7-3-4-8-15(14)20/h1-8H,9-11H2,(H,19,21). The van der Waals surface area contributed by atoms with Crippen molar-refractivity contribution < 1.29 is 9.59 Å². The zero-order valence-electron chi connectivity index (χ0n) is 12.3. The van der Waals surface area contributed by atoms with Gasteiger partial charge in [0.05, 0.1) is 17.1 Å². The summed E-state index contributed by atoms with van der Waals surface area (Å²) in [5.74, 6) is 0.870. The lowest BCUT2D eigenvalue weighted by Crippen LogP contribution is -2.43. The van der Waals surface area contributed by atoms with Gasteiger partial charge in [-0.2, -0.15) is 0 Å². The molecule has 0 unspecified atom stereocenters. The van der Waals surface area contributed by atoms with Crippen molar-refractivity contribution in [2.24, 2.45) is 0 Å². The van der Waals surface area contributed by atoms with Gasteiger partial charge in [-0.25, -0.2) is 0 Å². The summed E-state index contributed by atoms with van der Waals surface area (Å²) >= 11 is 5.05. The second-order valence-corrected chi connectivity index (χ2v) is 6.97. The van der Waals surface area contributed by atoms with Crippen LogP contribution in [0.25, 0.3) is 0 Å². The quantitative estimate of drug-likeness (QED) is 0.866. The van der Waals surface area contributed by atoms with E-state index in [-0.39, 0.29) is 18.4 Å². The van der Waals surface area contributed by atoms with Crippen LogP contribution in [-0.4, -0.2) is 24.1 Å². The highest BCUT2D eigenvalue weighted by Crippen LogP contribution is 2.29. The minimum absolute atomic E-state index is 0.0515. The number of carbonyl (C=O) groups is 2. The third-order valence-electron chi connectivity index (χ3n) is 3.51. The van der Waals surface area contributed by atoms with E-state index in [0.717, 1.165) is 21.5 Å². The summed E-state index contributed by atoms with van der Waals surface area (Å²) < 4.78 is 1.04. The third-order valence-corrected chi connectivity index (χ3v) is 5.25. The Morgan fingerprint density at radius 2 is 1.91 bits per heavy atom. The number of hydrogen-bond acceptors (Lipinski definition) is 3. The Morgan fingerprint density at radius 1 is 1.17 bits per heavy atom. The summed E-state index contributed by atoms with van der Waals surface area (Å²) in [6.07, 6.45) is 0. The fourth-order valence-electron chi connectivity index (χ4n) is 2.40. The van der Waals surface area contributed by atoms with Crippen molar-refractivity contribution in [2.75, 3.05) is 22.5 Å². The van der Waals surface area contributed by atoms with Gasteiger partial charge in [0.25, 0.3) is 0 Å². The number of anilines is 2. The Labute approximate surface area is 147 Å². The van der Waals surface area contributed by atoms with Gasteiger partial charge in [-0.05, 0) is 23.8 Å². The monoisotopic (exact) mass is 390 g/mol. The van der Waals surface area contributed by atoms with Crippen molar-refractivity contribution >= 4 is 50.9 Å². The minimum Gasteiger partial charge on any atom is -0.323 e. The van der Waals surface area contributed by atoms with Gasteiger partial charge in [-0.15, -0.1) is 11.8 Å². The van der Waals surface area contributed by atoms with Crippen molar-refractivity contribution in [3.05, 3.63) is 58.6 Å². The first kappa shape index (κ1) is 16.1. The molecule has 0 saturated carbocycles. The van der Waals surface area contributed by atoms with Crippen molar-refractivity contribution in [1.82, 2.24) is 0 Å². The second kappa shape index (κ2) is 7.19. The molecule has 1 N–H and O–H groups in total. The van der Waals surface area contributed by atoms with Crippen LogP contribution in [0.5, 0.6) is 0 Å². The van der Waals surface area contributed by atoms with E-state index in [1.165, 1.54) is 0 Å². The van der Waals surface area contributed by atoms with Gasteiger partial charge in [-0.1, -0.05) is 46.3 Å². The maximum absolute atomic E-state index is 12.5. The molecule has 0 spiro atoms. The number of nitrogens with zero attached hydrogens (tertiary/aromatic N) is 1. The molecule has 0 radical (unpaired) electrons. The van der Waals surface area contributed by atoms with Crippen LogP contribution in [0.1, 0.15) is 5.56 Å². The number of benzene rings is 2. The predicted octanol–water partition coefficient (Wildman–Crippen LogP) is 3.67. The molecular weight excluding hydrogens is 376 g/mol. The van der Waals surface area contributed by atoms with Gasteiger partial charge in [0.15, 0.2) is 0 Å². The van der Waals surface area contributed by atoms with Gasteiger partial charge in [0, 0.05) is 10.2 Å². The van der Waals surface area contributed by atoms with Crippen molar-refractivity contribution in [3.63, 3.8) is 0 Å². The van der Waals surface area contributed by atoms with Crippen LogP contribution >= 0.6 is 27.7 Å². The molecule has 0 atom stereocenters. The topological polar surface area (TPSA) is 49.4 Å². The molecular formula is C17H15BrN2O2S. The molecule has 118 valence electrons. The molecule has 0 aliphatic carbocycles. The fraction of sp³-hybridized carbons (Fsp3) is 0.176. The molecule has 2 aromatic rings. The van der Waals surface area contributed by atoms with E-state index in [0.29, 0.717) is 11.4 Å². The number of nitrogens with one attached hydrogen (secondary N) is 1. The molecule has 1 heterocycles. The average molecular weight is 391 g/mol. The molecule has 1 aliphatic rings. The van der Waals surface area contributed by atoms with Crippen LogP contribution in [0, 0.1) is 0 Å². The molecule has 2 amide bonds. The van der Waals surface area contributed by atoms with E-state index >= 15 is 0 Å². The van der Waals surface area contributed by atoms with Gasteiger partial charge in [0.2, 0.25) is 11.8 Å². The van der Waals surface area contributed by atoms with E-state index in [1.54, 1.807) is 22.7 Å². The van der Waals surface area contributed by atoms with E-state index in [4.69, 9.17) is 0 Å². The number of amides is 2. The van der Waals surface area contributed by atoms with E-state index in [2.05, 4.69) is 21.2 Å². The zero-order chi connectivity index (χ0) is 16.2. The van der Waals surface area contributed by atoms with Crippen LogP contribution in [0.4, 0.5) is 11.4 Å². The van der Waals surface area contributed by atoms with E-state index in [1.807, 2.05) is 42.5 Å². The van der Waals surface area contributed by atoms with E-state index in [9.17, 15) is 9.59 Å². The first-order valence-electron chi connectivity index (χ1n) is 7.15. The Morgan fingerprint density at radius 3 is 2.74 bits per heavy atom. The summed E-state index contributed by atoms with van der Waals surface area (Å²) in [5.41, 5.74) is 2.61. The number of fused-ring (bicyclic) bond motifs is 1. The zero-order valence-corrected chi connectivity index (χ0v) is 14.7. The van der Waals surface area contributed by atoms with E-state index < -0.39 is 0 Å². The molecule has 1 aliphatic heterocycles. The lowest BCUT2D eigenvalue weighted by atomic mass is 10.2.